The van der Waals surface area contributed by atoms with Crippen molar-refractivity contribution in [2.45, 2.75) is 32.9 Å². The van der Waals surface area contributed by atoms with Gasteiger partial charge in [0, 0.05) is 25.2 Å². The van der Waals surface area contributed by atoms with Crippen LogP contribution in [0.4, 0.5) is 0 Å². The lowest BCUT2D eigenvalue weighted by Crippen LogP contribution is -2.18. The number of imidazole rings is 1. The maximum Gasteiger partial charge on any atom is 0.147 e. The molecule has 0 aliphatic rings. The van der Waals surface area contributed by atoms with Gasteiger partial charge in [0.2, 0.25) is 0 Å². The Bertz CT molecular complexity index is 426. The predicted molar refractivity (Wildman–Crippen MR) is 68.6 cm³/mol. The van der Waals surface area contributed by atoms with E-state index < -0.39 is 9.84 Å². The van der Waals surface area contributed by atoms with E-state index in [1.807, 2.05) is 10.8 Å². The minimum atomic E-state index is -2.86. The van der Waals surface area contributed by atoms with Crippen LogP contribution in [0.5, 0.6) is 0 Å². The van der Waals surface area contributed by atoms with Crippen molar-refractivity contribution in [1.29, 1.82) is 0 Å². The first-order chi connectivity index (χ1) is 8.03. The second-order valence-corrected chi connectivity index (χ2v) is 6.46. The highest BCUT2D eigenvalue weighted by Gasteiger charge is 2.05. The van der Waals surface area contributed by atoms with Crippen molar-refractivity contribution in [3.63, 3.8) is 0 Å². The van der Waals surface area contributed by atoms with E-state index >= 15 is 0 Å². The summed E-state index contributed by atoms with van der Waals surface area (Å²) >= 11 is 0. The van der Waals surface area contributed by atoms with Crippen LogP contribution in [0, 0.1) is 0 Å². The van der Waals surface area contributed by atoms with Crippen molar-refractivity contribution in [2.24, 2.45) is 0 Å². The van der Waals surface area contributed by atoms with E-state index in [9.17, 15) is 8.42 Å². The van der Waals surface area contributed by atoms with E-state index in [0.717, 1.165) is 25.3 Å². The molecule has 0 aliphatic carbocycles. The molecule has 6 heteroatoms. The SMILES string of the molecule is CCCNCc1nccn1CCCS(C)(=O)=O. The zero-order valence-corrected chi connectivity index (χ0v) is 11.3. The number of nitrogens with zero attached hydrogens (tertiary/aromatic N) is 2. The van der Waals surface area contributed by atoms with Gasteiger partial charge in [-0.05, 0) is 19.4 Å². The molecule has 0 saturated carbocycles. The highest BCUT2D eigenvalue weighted by molar-refractivity contribution is 7.90. The molecule has 1 heterocycles. The van der Waals surface area contributed by atoms with Gasteiger partial charge in [0.1, 0.15) is 15.7 Å². The van der Waals surface area contributed by atoms with E-state index in [4.69, 9.17) is 0 Å². The summed E-state index contributed by atoms with van der Waals surface area (Å²) < 4.78 is 24.0. The van der Waals surface area contributed by atoms with Crippen LogP contribution in [-0.4, -0.2) is 36.5 Å². The minimum absolute atomic E-state index is 0.229. The quantitative estimate of drug-likeness (QED) is 0.702. The van der Waals surface area contributed by atoms with Crippen molar-refractivity contribution in [1.82, 2.24) is 14.9 Å². The van der Waals surface area contributed by atoms with Crippen LogP contribution in [-0.2, 0) is 22.9 Å². The van der Waals surface area contributed by atoms with Gasteiger partial charge < -0.3 is 9.88 Å². The van der Waals surface area contributed by atoms with Gasteiger partial charge in [-0.3, -0.25) is 0 Å². The molecule has 0 spiro atoms. The summed E-state index contributed by atoms with van der Waals surface area (Å²) in [5.74, 6) is 1.19. The summed E-state index contributed by atoms with van der Waals surface area (Å²) in [6.07, 6.45) is 6.64. The summed E-state index contributed by atoms with van der Waals surface area (Å²) in [6, 6.07) is 0. The Labute approximate surface area is 103 Å². The van der Waals surface area contributed by atoms with E-state index in [1.165, 1.54) is 6.26 Å². The smallest absolute Gasteiger partial charge is 0.147 e. The third-order valence-corrected chi connectivity index (χ3v) is 3.46. The summed E-state index contributed by atoms with van der Waals surface area (Å²) in [5.41, 5.74) is 0. The number of sulfone groups is 1. The fourth-order valence-corrected chi connectivity index (χ4v) is 2.24. The average molecular weight is 259 g/mol. The standard InChI is InChI=1S/C11H21N3O2S/c1-3-5-12-10-11-13-6-8-14(11)7-4-9-17(2,15)16/h6,8,12H,3-5,7,9-10H2,1-2H3. The molecule has 1 N–H and O–H groups in total. The molecule has 0 amide bonds. The van der Waals surface area contributed by atoms with Gasteiger partial charge in [-0.25, -0.2) is 13.4 Å². The van der Waals surface area contributed by atoms with E-state index in [-0.39, 0.29) is 5.75 Å². The monoisotopic (exact) mass is 259 g/mol. The summed E-state index contributed by atoms with van der Waals surface area (Å²) in [7, 11) is -2.86. The molecule has 1 aromatic heterocycles. The number of hydrogen-bond acceptors (Lipinski definition) is 4. The maximum atomic E-state index is 11.0. The Balaban J connectivity index is 2.40. The number of rotatable bonds is 8. The molecule has 0 atom stereocenters. The first kappa shape index (κ1) is 14.2. The number of nitrogens with one attached hydrogen (secondary N) is 1. The normalized spacial score (nSPS) is 11.9. The average Bonchev–Trinajstić information content (AvgIpc) is 2.64. The van der Waals surface area contributed by atoms with Crippen molar-refractivity contribution in [3.05, 3.63) is 18.2 Å². The molecule has 0 radical (unpaired) electrons. The van der Waals surface area contributed by atoms with Crippen molar-refractivity contribution < 1.29 is 8.42 Å². The van der Waals surface area contributed by atoms with E-state index in [2.05, 4.69) is 17.2 Å². The van der Waals surface area contributed by atoms with E-state index in [1.54, 1.807) is 6.20 Å². The molecule has 0 bridgehead atoms. The minimum Gasteiger partial charge on any atom is -0.334 e. The molecule has 0 saturated heterocycles. The Morgan fingerprint density at radius 2 is 2.24 bits per heavy atom. The highest BCUT2D eigenvalue weighted by Crippen LogP contribution is 2.00. The largest absolute Gasteiger partial charge is 0.334 e. The zero-order chi connectivity index (χ0) is 12.7. The third kappa shape index (κ3) is 5.83. The first-order valence-electron chi connectivity index (χ1n) is 5.91. The summed E-state index contributed by atoms with van der Waals surface area (Å²) in [4.78, 5) is 4.25. The van der Waals surface area contributed by atoms with Gasteiger partial charge >= 0.3 is 0 Å². The van der Waals surface area contributed by atoms with Crippen LogP contribution in [0.2, 0.25) is 0 Å². The van der Waals surface area contributed by atoms with Crippen molar-refractivity contribution >= 4 is 9.84 Å². The van der Waals surface area contributed by atoms with Crippen LogP contribution in [0.25, 0.3) is 0 Å². The molecule has 1 aromatic rings. The molecule has 5 nitrogen and oxygen atoms in total. The molecule has 0 aromatic carbocycles. The van der Waals surface area contributed by atoms with Gasteiger partial charge in [0.05, 0.1) is 12.3 Å². The lowest BCUT2D eigenvalue weighted by Gasteiger charge is -2.08. The third-order valence-electron chi connectivity index (χ3n) is 2.43. The molecule has 17 heavy (non-hydrogen) atoms. The maximum absolute atomic E-state index is 11.0. The Hall–Kier alpha value is -0.880. The van der Waals surface area contributed by atoms with Crippen LogP contribution < -0.4 is 5.32 Å². The molecule has 0 unspecified atom stereocenters. The zero-order valence-electron chi connectivity index (χ0n) is 10.5. The molecular formula is C11H21N3O2S. The number of aromatic nitrogens is 2. The number of aryl methyl sites for hydroxylation is 1. The Morgan fingerprint density at radius 3 is 2.88 bits per heavy atom. The second kappa shape index (κ2) is 6.76. The summed E-state index contributed by atoms with van der Waals surface area (Å²) in [5, 5.41) is 3.28. The number of hydrogen-bond donors (Lipinski definition) is 1. The molecule has 98 valence electrons. The highest BCUT2D eigenvalue weighted by atomic mass is 32.2. The van der Waals surface area contributed by atoms with Crippen molar-refractivity contribution in [3.8, 4) is 0 Å². The van der Waals surface area contributed by atoms with Crippen molar-refractivity contribution in [2.75, 3.05) is 18.6 Å². The van der Waals surface area contributed by atoms with Gasteiger partial charge in [-0.1, -0.05) is 6.92 Å². The van der Waals surface area contributed by atoms with Crippen LogP contribution in [0.1, 0.15) is 25.6 Å². The van der Waals surface area contributed by atoms with Gasteiger partial charge in [0.15, 0.2) is 0 Å². The van der Waals surface area contributed by atoms with Crippen LogP contribution >= 0.6 is 0 Å². The van der Waals surface area contributed by atoms with Gasteiger partial charge in [0.25, 0.3) is 0 Å². The predicted octanol–water partition coefficient (Wildman–Crippen LogP) is 0.817. The Kier molecular flexibility index (Phi) is 5.64. The molecular weight excluding hydrogens is 238 g/mol. The Morgan fingerprint density at radius 1 is 1.47 bits per heavy atom. The topological polar surface area (TPSA) is 64.0 Å². The van der Waals surface area contributed by atoms with Gasteiger partial charge in [-0.2, -0.15) is 0 Å². The van der Waals surface area contributed by atoms with Gasteiger partial charge in [-0.15, -0.1) is 0 Å². The lowest BCUT2D eigenvalue weighted by atomic mass is 10.4. The van der Waals surface area contributed by atoms with Crippen LogP contribution in [0.15, 0.2) is 12.4 Å². The van der Waals surface area contributed by atoms with Crippen LogP contribution in [0.3, 0.4) is 0 Å². The second-order valence-electron chi connectivity index (χ2n) is 4.20. The molecule has 0 fully saturated rings. The molecule has 0 aliphatic heterocycles. The lowest BCUT2D eigenvalue weighted by molar-refractivity contribution is 0.573. The summed E-state index contributed by atoms with van der Waals surface area (Å²) in [6.45, 7) is 4.53. The molecule has 1 rings (SSSR count). The fourth-order valence-electron chi connectivity index (χ4n) is 1.58. The first-order valence-corrected chi connectivity index (χ1v) is 7.97. The van der Waals surface area contributed by atoms with E-state index in [0.29, 0.717) is 13.0 Å². The fraction of sp³-hybridized carbons (Fsp3) is 0.727.